The number of anilines is 2. The summed E-state index contributed by atoms with van der Waals surface area (Å²) in [4.78, 5) is 13.7. The van der Waals surface area contributed by atoms with E-state index in [4.69, 9.17) is 0 Å². The third-order valence-corrected chi connectivity index (χ3v) is 4.73. The largest absolute Gasteiger partial charge is 0.352 e. The fourth-order valence-corrected chi connectivity index (χ4v) is 3.39. The Bertz CT molecular complexity index is 1090. The molecule has 0 unspecified atom stereocenters. The predicted octanol–water partition coefficient (Wildman–Crippen LogP) is 0.436. The molecule has 4 aromatic rings. The lowest BCUT2D eigenvalue weighted by atomic mass is 10.2. The molecule has 0 saturated carbocycles. The van der Waals surface area contributed by atoms with Crippen molar-refractivity contribution in [3.8, 4) is 0 Å². The smallest absolute Gasteiger partial charge is 0.177 e. The summed E-state index contributed by atoms with van der Waals surface area (Å²) in [7, 11) is 1.91. The van der Waals surface area contributed by atoms with E-state index in [0.717, 1.165) is 60.3 Å². The first-order valence-electron chi connectivity index (χ1n) is 8.52. The van der Waals surface area contributed by atoms with Gasteiger partial charge in [0.05, 0.1) is 11.6 Å². The quantitative estimate of drug-likeness (QED) is 0.514. The summed E-state index contributed by atoms with van der Waals surface area (Å²) in [5.41, 5.74) is 1.62. The molecule has 1 aliphatic rings. The molecule has 0 aliphatic carbocycles. The lowest BCUT2D eigenvalue weighted by molar-refractivity contribution is 0.636. The maximum atomic E-state index is 4.68. The van der Waals surface area contributed by atoms with E-state index in [1.807, 2.05) is 32.3 Å². The summed E-state index contributed by atoms with van der Waals surface area (Å²) in [6.07, 6.45) is 3.47. The van der Waals surface area contributed by atoms with Crippen LogP contribution in [-0.4, -0.2) is 65.7 Å². The first kappa shape index (κ1) is 15.0. The maximum absolute atomic E-state index is 4.68. The van der Waals surface area contributed by atoms with E-state index in [1.54, 1.807) is 15.5 Å². The second-order valence-electron chi connectivity index (χ2n) is 6.40. The van der Waals surface area contributed by atoms with Crippen molar-refractivity contribution in [3.63, 3.8) is 0 Å². The van der Waals surface area contributed by atoms with Crippen LogP contribution in [0.5, 0.6) is 0 Å². The second-order valence-corrected chi connectivity index (χ2v) is 6.40. The van der Waals surface area contributed by atoms with Crippen molar-refractivity contribution in [2.24, 2.45) is 7.05 Å². The average Bonchev–Trinajstić information content (AvgIpc) is 3.28. The molecule has 0 spiro atoms. The molecular weight excluding hydrogens is 332 g/mol. The lowest BCUT2D eigenvalue weighted by Crippen LogP contribution is -2.47. The van der Waals surface area contributed by atoms with E-state index in [1.165, 1.54) is 0 Å². The molecular formula is C16H18N10. The molecule has 0 bridgehead atoms. The summed E-state index contributed by atoms with van der Waals surface area (Å²) >= 11 is 0. The molecule has 4 aromatic heterocycles. The van der Waals surface area contributed by atoms with Crippen molar-refractivity contribution in [3.05, 3.63) is 30.5 Å². The lowest BCUT2D eigenvalue weighted by Gasteiger charge is -2.36. The molecule has 10 nitrogen and oxygen atoms in total. The Labute approximate surface area is 149 Å². The normalized spacial score (nSPS) is 15.3. The Balaban J connectivity index is 1.40. The highest BCUT2D eigenvalue weighted by Crippen LogP contribution is 2.25. The molecule has 132 valence electrons. The highest BCUT2D eigenvalue weighted by atomic mass is 15.4. The molecule has 1 aliphatic heterocycles. The van der Waals surface area contributed by atoms with Crippen LogP contribution in [0.15, 0.2) is 24.7 Å². The SMILES string of the molecule is Cc1nc(N2CCN(c3ccc4nncn4n3)CC2)c2cnn(C)c2n1. The van der Waals surface area contributed by atoms with Crippen molar-refractivity contribution in [1.29, 1.82) is 0 Å². The Hall–Kier alpha value is -3.30. The van der Waals surface area contributed by atoms with Crippen LogP contribution in [0.4, 0.5) is 11.6 Å². The molecule has 0 amide bonds. The topological polar surface area (TPSA) is 93.2 Å². The Morgan fingerprint density at radius 1 is 1.00 bits per heavy atom. The highest BCUT2D eigenvalue weighted by Gasteiger charge is 2.22. The summed E-state index contributed by atoms with van der Waals surface area (Å²) in [6, 6.07) is 3.93. The first-order valence-corrected chi connectivity index (χ1v) is 8.52. The van der Waals surface area contributed by atoms with E-state index in [0.29, 0.717) is 0 Å². The minimum atomic E-state index is 0.753. The van der Waals surface area contributed by atoms with Gasteiger partial charge in [-0.3, -0.25) is 4.68 Å². The summed E-state index contributed by atoms with van der Waals surface area (Å²) in [6.45, 7) is 5.38. The molecule has 5 rings (SSSR count). The molecule has 0 aromatic carbocycles. The van der Waals surface area contributed by atoms with E-state index in [-0.39, 0.29) is 0 Å². The number of piperazine rings is 1. The van der Waals surface area contributed by atoms with Crippen molar-refractivity contribution in [1.82, 2.24) is 39.6 Å². The summed E-state index contributed by atoms with van der Waals surface area (Å²) in [5, 5.41) is 17.8. The standard InChI is InChI=1S/C16H18N10/c1-11-19-15-12(9-18-23(15)2)16(20-11)25-7-5-24(6-8-25)14-4-3-13-21-17-10-26(13)22-14/h3-4,9-10H,5-8H2,1-2H3. The van der Waals surface area contributed by atoms with E-state index >= 15 is 0 Å². The van der Waals surface area contributed by atoms with Crippen molar-refractivity contribution < 1.29 is 0 Å². The summed E-state index contributed by atoms with van der Waals surface area (Å²) < 4.78 is 3.50. The number of hydrogen-bond acceptors (Lipinski definition) is 8. The number of nitrogens with zero attached hydrogens (tertiary/aromatic N) is 10. The van der Waals surface area contributed by atoms with Gasteiger partial charge in [-0.25, -0.2) is 9.97 Å². The van der Waals surface area contributed by atoms with E-state index < -0.39 is 0 Å². The second kappa shape index (κ2) is 5.61. The van der Waals surface area contributed by atoms with Crippen LogP contribution >= 0.6 is 0 Å². The fraction of sp³-hybridized carbons (Fsp3) is 0.375. The van der Waals surface area contributed by atoms with E-state index in [9.17, 15) is 0 Å². The van der Waals surface area contributed by atoms with Crippen LogP contribution in [0.3, 0.4) is 0 Å². The van der Waals surface area contributed by atoms with Gasteiger partial charge in [0.1, 0.15) is 23.8 Å². The maximum Gasteiger partial charge on any atom is 0.177 e. The molecule has 5 heterocycles. The van der Waals surface area contributed by atoms with Crippen molar-refractivity contribution >= 4 is 28.3 Å². The van der Waals surface area contributed by atoms with Crippen LogP contribution in [0.25, 0.3) is 16.7 Å². The Morgan fingerprint density at radius 3 is 2.65 bits per heavy atom. The van der Waals surface area contributed by atoms with Gasteiger partial charge < -0.3 is 9.80 Å². The van der Waals surface area contributed by atoms with E-state index in [2.05, 4.69) is 40.2 Å². The predicted molar refractivity (Wildman–Crippen MR) is 96.2 cm³/mol. The van der Waals surface area contributed by atoms with Crippen LogP contribution in [0.2, 0.25) is 0 Å². The third-order valence-electron chi connectivity index (χ3n) is 4.73. The van der Waals surface area contributed by atoms with Gasteiger partial charge in [-0.05, 0) is 19.1 Å². The molecule has 0 N–H and O–H groups in total. The van der Waals surface area contributed by atoms with Crippen LogP contribution < -0.4 is 9.80 Å². The van der Waals surface area contributed by atoms with Gasteiger partial charge in [0, 0.05) is 33.2 Å². The zero-order valence-electron chi connectivity index (χ0n) is 14.6. The number of rotatable bonds is 2. The van der Waals surface area contributed by atoms with Gasteiger partial charge in [0.15, 0.2) is 11.3 Å². The third kappa shape index (κ3) is 2.33. The van der Waals surface area contributed by atoms with Crippen molar-refractivity contribution in [2.75, 3.05) is 36.0 Å². The van der Waals surface area contributed by atoms with Gasteiger partial charge in [-0.2, -0.15) is 9.61 Å². The van der Waals surface area contributed by atoms with Crippen LogP contribution in [0.1, 0.15) is 5.82 Å². The zero-order valence-corrected chi connectivity index (χ0v) is 14.6. The molecule has 1 fully saturated rings. The van der Waals surface area contributed by atoms with Gasteiger partial charge in [0.25, 0.3) is 0 Å². The number of fused-ring (bicyclic) bond motifs is 2. The molecule has 0 atom stereocenters. The van der Waals surface area contributed by atoms with Gasteiger partial charge in [-0.15, -0.1) is 15.3 Å². The summed E-state index contributed by atoms with van der Waals surface area (Å²) in [5.74, 6) is 2.66. The van der Waals surface area contributed by atoms with Crippen molar-refractivity contribution in [2.45, 2.75) is 6.92 Å². The van der Waals surface area contributed by atoms with Gasteiger partial charge >= 0.3 is 0 Å². The molecule has 10 heteroatoms. The molecule has 26 heavy (non-hydrogen) atoms. The monoisotopic (exact) mass is 350 g/mol. The number of aromatic nitrogens is 8. The number of hydrogen-bond donors (Lipinski definition) is 0. The number of aryl methyl sites for hydroxylation is 2. The highest BCUT2D eigenvalue weighted by molar-refractivity contribution is 5.87. The zero-order chi connectivity index (χ0) is 17.7. The minimum absolute atomic E-state index is 0.753. The van der Waals surface area contributed by atoms with Gasteiger partial charge in [0.2, 0.25) is 0 Å². The minimum Gasteiger partial charge on any atom is -0.352 e. The average molecular weight is 350 g/mol. The Kier molecular flexibility index (Phi) is 3.24. The molecule has 1 saturated heterocycles. The Morgan fingerprint density at radius 2 is 1.81 bits per heavy atom. The fourth-order valence-electron chi connectivity index (χ4n) is 3.39. The van der Waals surface area contributed by atoms with Gasteiger partial charge in [-0.1, -0.05) is 0 Å². The molecule has 0 radical (unpaired) electrons. The van der Waals surface area contributed by atoms with Crippen LogP contribution in [0, 0.1) is 6.92 Å². The first-order chi connectivity index (χ1) is 12.7. The van der Waals surface area contributed by atoms with Crippen LogP contribution in [-0.2, 0) is 7.05 Å².